The molecule has 5 unspecified atom stereocenters. The van der Waals surface area contributed by atoms with Crippen molar-refractivity contribution >= 4 is 29.7 Å². The molecule has 0 rings (SSSR count). The number of rotatable bonds is 18. The molecule has 0 saturated carbocycles. The second-order valence-corrected chi connectivity index (χ2v) is 8.35. The van der Waals surface area contributed by atoms with Crippen molar-refractivity contribution in [3.63, 3.8) is 0 Å². The normalized spacial score (nSPS) is 15.1. The molecule has 0 aromatic heterocycles. The summed E-state index contributed by atoms with van der Waals surface area (Å²) in [6.07, 6.45) is 2.55. The second kappa shape index (κ2) is 17.5. The third-order valence-corrected chi connectivity index (χ3v) is 5.47. The van der Waals surface area contributed by atoms with Gasteiger partial charge in [0.05, 0.1) is 12.6 Å². The van der Waals surface area contributed by atoms with Gasteiger partial charge in [0.2, 0.25) is 17.7 Å². The van der Waals surface area contributed by atoms with Crippen LogP contribution in [0.15, 0.2) is 4.99 Å². The van der Waals surface area contributed by atoms with Crippen molar-refractivity contribution in [1.82, 2.24) is 16.0 Å². The fourth-order valence-electron chi connectivity index (χ4n) is 3.09. The van der Waals surface area contributed by atoms with Gasteiger partial charge in [-0.1, -0.05) is 26.7 Å². The Labute approximate surface area is 205 Å². The van der Waals surface area contributed by atoms with Gasteiger partial charge in [-0.2, -0.15) is 0 Å². The minimum absolute atomic E-state index is 0.0659. The van der Waals surface area contributed by atoms with E-state index in [2.05, 4.69) is 20.9 Å². The Morgan fingerprint density at radius 3 is 2.06 bits per heavy atom. The number of nitrogens with two attached hydrogens (primary N) is 4. The maximum atomic E-state index is 12.9. The summed E-state index contributed by atoms with van der Waals surface area (Å²) in [6, 6.07) is -4.54. The van der Waals surface area contributed by atoms with E-state index in [1.165, 1.54) is 0 Å². The van der Waals surface area contributed by atoms with E-state index in [4.69, 9.17) is 22.9 Å². The summed E-state index contributed by atoms with van der Waals surface area (Å²) in [5.74, 6) is -3.86. The van der Waals surface area contributed by atoms with Crippen molar-refractivity contribution in [2.75, 3.05) is 19.7 Å². The van der Waals surface area contributed by atoms with E-state index in [-0.39, 0.29) is 24.8 Å². The molecule has 0 aliphatic rings. The van der Waals surface area contributed by atoms with Crippen LogP contribution in [0.1, 0.15) is 52.4 Å². The van der Waals surface area contributed by atoms with Gasteiger partial charge in [0.15, 0.2) is 5.96 Å². The standard InChI is InChI=1S/C21H42N8O6/c1-3-12(2)16(19(33)27-14(20(34)35)8-6-10-26-21(24)25)29-18(32)15(11-30)28-17(31)13(23)7-4-5-9-22/h12-16,30H,3-11,22-23H2,1-2H3,(H,27,33)(H,28,31)(H,29,32)(H,34,35)(H4,24,25,26). The van der Waals surface area contributed by atoms with Crippen LogP contribution in [-0.2, 0) is 19.2 Å². The first kappa shape index (κ1) is 32.0. The van der Waals surface area contributed by atoms with Crippen LogP contribution in [0.3, 0.4) is 0 Å². The molecule has 0 aromatic carbocycles. The maximum absolute atomic E-state index is 12.9. The third kappa shape index (κ3) is 12.9. The molecular formula is C21H42N8O6. The summed E-state index contributed by atoms with van der Waals surface area (Å²) < 4.78 is 0. The molecule has 0 aliphatic carbocycles. The summed E-state index contributed by atoms with van der Waals surface area (Å²) in [5.41, 5.74) is 21.7. The molecule has 202 valence electrons. The van der Waals surface area contributed by atoms with Crippen LogP contribution in [-0.4, -0.2) is 83.7 Å². The van der Waals surface area contributed by atoms with Crippen molar-refractivity contribution in [2.45, 2.75) is 76.5 Å². The van der Waals surface area contributed by atoms with Crippen LogP contribution in [0.25, 0.3) is 0 Å². The number of guanidine groups is 1. The number of hydrogen-bond acceptors (Lipinski definition) is 8. The molecule has 14 nitrogen and oxygen atoms in total. The first-order chi connectivity index (χ1) is 16.5. The van der Waals surface area contributed by atoms with E-state index < -0.39 is 54.5 Å². The number of amides is 3. The number of aliphatic hydroxyl groups is 1. The number of hydrogen-bond donors (Lipinski definition) is 9. The van der Waals surface area contributed by atoms with E-state index in [1.807, 2.05) is 0 Å². The van der Waals surface area contributed by atoms with Crippen LogP contribution >= 0.6 is 0 Å². The maximum Gasteiger partial charge on any atom is 0.326 e. The van der Waals surface area contributed by atoms with Gasteiger partial charge in [-0.05, 0) is 38.1 Å². The first-order valence-corrected chi connectivity index (χ1v) is 11.7. The van der Waals surface area contributed by atoms with Crippen LogP contribution in [0.4, 0.5) is 0 Å². The van der Waals surface area contributed by atoms with Gasteiger partial charge in [-0.15, -0.1) is 0 Å². The van der Waals surface area contributed by atoms with Gasteiger partial charge >= 0.3 is 5.97 Å². The fourth-order valence-corrected chi connectivity index (χ4v) is 3.09. The van der Waals surface area contributed by atoms with E-state index in [0.29, 0.717) is 38.6 Å². The predicted molar refractivity (Wildman–Crippen MR) is 131 cm³/mol. The van der Waals surface area contributed by atoms with Crippen LogP contribution in [0.2, 0.25) is 0 Å². The number of carbonyl (C=O) groups excluding carboxylic acids is 3. The van der Waals surface area contributed by atoms with Crippen molar-refractivity contribution in [2.24, 2.45) is 33.8 Å². The fraction of sp³-hybridized carbons (Fsp3) is 0.762. The monoisotopic (exact) mass is 502 g/mol. The Hall–Kier alpha value is -2.97. The number of nitrogens with one attached hydrogen (secondary N) is 3. The number of carboxylic acid groups (broad SMARTS) is 1. The molecular weight excluding hydrogens is 460 g/mol. The van der Waals surface area contributed by atoms with Gasteiger partial charge in [0, 0.05) is 6.54 Å². The zero-order valence-electron chi connectivity index (χ0n) is 20.5. The highest BCUT2D eigenvalue weighted by molar-refractivity contribution is 5.94. The molecule has 5 atom stereocenters. The lowest BCUT2D eigenvalue weighted by Crippen LogP contribution is -2.59. The van der Waals surface area contributed by atoms with Crippen molar-refractivity contribution in [3.8, 4) is 0 Å². The van der Waals surface area contributed by atoms with Crippen molar-refractivity contribution in [1.29, 1.82) is 0 Å². The lowest BCUT2D eigenvalue weighted by atomic mass is 9.97. The quantitative estimate of drug-likeness (QED) is 0.0523. The molecule has 0 bridgehead atoms. The number of carboxylic acids is 1. The summed E-state index contributed by atoms with van der Waals surface area (Å²) in [7, 11) is 0. The molecule has 14 heteroatoms. The molecule has 0 fully saturated rings. The van der Waals surface area contributed by atoms with Crippen LogP contribution < -0.4 is 38.9 Å². The van der Waals surface area contributed by atoms with Gasteiger partial charge in [0.25, 0.3) is 0 Å². The predicted octanol–water partition coefficient (Wildman–Crippen LogP) is -2.93. The van der Waals surface area contributed by atoms with E-state index in [1.54, 1.807) is 13.8 Å². The van der Waals surface area contributed by atoms with Gasteiger partial charge < -0.3 is 49.1 Å². The topological polar surface area (TPSA) is 261 Å². The Morgan fingerprint density at radius 2 is 1.54 bits per heavy atom. The highest BCUT2D eigenvalue weighted by atomic mass is 16.4. The zero-order chi connectivity index (χ0) is 27.0. The smallest absolute Gasteiger partial charge is 0.326 e. The summed E-state index contributed by atoms with van der Waals surface area (Å²) in [6.45, 7) is 3.45. The Morgan fingerprint density at radius 1 is 0.914 bits per heavy atom. The minimum atomic E-state index is -1.34. The Kier molecular flexibility index (Phi) is 16.0. The summed E-state index contributed by atoms with van der Waals surface area (Å²) >= 11 is 0. The van der Waals surface area contributed by atoms with Crippen molar-refractivity contribution < 1.29 is 29.4 Å². The highest BCUT2D eigenvalue weighted by Crippen LogP contribution is 2.10. The van der Waals surface area contributed by atoms with Gasteiger partial charge in [-0.25, -0.2) is 4.79 Å². The van der Waals surface area contributed by atoms with E-state index >= 15 is 0 Å². The number of unbranched alkanes of at least 4 members (excludes halogenated alkanes) is 1. The summed E-state index contributed by atoms with van der Waals surface area (Å²) in [4.78, 5) is 53.3. The van der Waals surface area contributed by atoms with E-state index in [9.17, 15) is 29.4 Å². The number of nitrogens with zero attached hydrogens (tertiary/aromatic N) is 1. The number of aliphatic carboxylic acids is 1. The number of aliphatic imine (C=N–C) groups is 1. The van der Waals surface area contributed by atoms with E-state index in [0.717, 1.165) is 0 Å². The molecule has 0 radical (unpaired) electrons. The number of aliphatic hydroxyl groups excluding tert-OH is 1. The average Bonchev–Trinajstić information content (AvgIpc) is 2.81. The molecule has 0 heterocycles. The minimum Gasteiger partial charge on any atom is -0.480 e. The van der Waals surface area contributed by atoms with Gasteiger partial charge in [-0.3, -0.25) is 19.4 Å². The molecule has 0 saturated heterocycles. The molecule has 3 amide bonds. The molecule has 0 spiro atoms. The average molecular weight is 503 g/mol. The third-order valence-electron chi connectivity index (χ3n) is 5.47. The Balaban J connectivity index is 5.22. The molecule has 13 N–H and O–H groups in total. The molecule has 0 aliphatic heterocycles. The largest absolute Gasteiger partial charge is 0.480 e. The Bertz CT molecular complexity index is 716. The molecule has 0 aromatic rings. The lowest BCUT2D eigenvalue weighted by molar-refractivity contribution is -0.143. The van der Waals surface area contributed by atoms with Crippen LogP contribution in [0, 0.1) is 5.92 Å². The first-order valence-electron chi connectivity index (χ1n) is 11.7. The highest BCUT2D eigenvalue weighted by Gasteiger charge is 2.32. The number of carbonyl (C=O) groups is 4. The SMILES string of the molecule is CCC(C)C(NC(=O)C(CO)NC(=O)C(N)CCCCN)C(=O)NC(CCCN=C(N)N)C(=O)O. The summed E-state index contributed by atoms with van der Waals surface area (Å²) in [5, 5.41) is 26.4. The molecule has 35 heavy (non-hydrogen) atoms. The van der Waals surface area contributed by atoms with Gasteiger partial charge in [0.1, 0.15) is 18.1 Å². The lowest BCUT2D eigenvalue weighted by Gasteiger charge is -2.27. The zero-order valence-corrected chi connectivity index (χ0v) is 20.5. The second-order valence-electron chi connectivity index (χ2n) is 8.35. The van der Waals surface area contributed by atoms with Crippen LogP contribution in [0.5, 0.6) is 0 Å². The van der Waals surface area contributed by atoms with Crippen molar-refractivity contribution in [3.05, 3.63) is 0 Å².